The van der Waals surface area contributed by atoms with Crippen molar-refractivity contribution in [3.05, 3.63) is 14.7 Å². The molecule has 10 heteroatoms. The van der Waals surface area contributed by atoms with Crippen molar-refractivity contribution in [2.75, 3.05) is 33.4 Å². The van der Waals surface area contributed by atoms with E-state index in [0.717, 1.165) is 17.9 Å². The van der Waals surface area contributed by atoms with Gasteiger partial charge in [-0.05, 0) is 22.0 Å². The van der Waals surface area contributed by atoms with Crippen LogP contribution in [0, 0.1) is 0 Å². The molecule has 1 unspecified atom stereocenters. The van der Waals surface area contributed by atoms with Crippen LogP contribution in [0.2, 0.25) is 0 Å². The molecule has 2 rings (SSSR count). The summed E-state index contributed by atoms with van der Waals surface area (Å²) in [7, 11) is -2.47. The summed E-state index contributed by atoms with van der Waals surface area (Å²) >= 11 is 4.18. The molecule has 1 atom stereocenters. The van der Waals surface area contributed by atoms with Crippen LogP contribution in [0.5, 0.6) is 0 Å². The number of rotatable bonds is 5. The zero-order valence-electron chi connectivity index (χ0n) is 11.2. The number of carbonyl (C=O) groups is 1. The summed E-state index contributed by atoms with van der Waals surface area (Å²) in [5, 5.41) is 3.12. The number of ether oxygens (including phenoxy) is 2. The van der Waals surface area contributed by atoms with Gasteiger partial charge in [-0.3, -0.25) is 0 Å². The lowest BCUT2D eigenvalue weighted by Gasteiger charge is -2.23. The highest BCUT2D eigenvalue weighted by atomic mass is 79.9. The maximum Gasteiger partial charge on any atom is 0.348 e. The van der Waals surface area contributed by atoms with Gasteiger partial charge >= 0.3 is 5.97 Å². The van der Waals surface area contributed by atoms with Gasteiger partial charge in [0.05, 0.1) is 23.6 Å². The first-order chi connectivity index (χ1) is 9.94. The van der Waals surface area contributed by atoms with Gasteiger partial charge < -0.3 is 14.8 Å². The molecule has 118 valence electrons. The van der Waals surface area contributed by atoms with Gasteiger partial charge in [-0.1, -0.05) is 0 Å². The van der Waals surface area contributed by atoms with E-state index in [1.54, 1.807) is 0 Å². The number of esters is 1. The first-order valence-electron chi connectivity index (χ1n) is 6.13. The summed E-state index contributed by atoms with van der Waals surface area (Å²) < 4.78 is 37.4. The first kappa shape index (κ1) is 16.8. The third-order valence-corrected chi connectivity index (χ3v) is 6.49. The molecular formula is C11H15BrN2O5S2. The fourth-order valence-electron chi connectivity index (χ4n) is 1.77. The van der Waals surface area contributed by atoms with E-state index in [2.05, 4.69) is 30.7 Å². The summed E-state index contributed by atoms with van der Waals surface area (Å²) in [6, 6.07) is 1.29. The molecule has 1 aromatic rings. The highest BCUT2D eigenvalue weighted by Gasteiger charge is 2.25. The Morgan fingerprint density at radius 1 is 1.67 bits per heavy atom. The van der Waals surface area contributed by atoms with Crippen LogP contribution in [0.1, 0.15) is 9.67 Å². The fraction of sp³-hybridized carbons (Fsp3) is 0.545. The molecule has 0 saturated carbocycles. The van der Waals surface area contributed by atoms with Crippen molar-refractivity contribution in [2.45, 2.75) is 11.0 Å². The SMILES string of the molecule is COC(=O)c1cc(S(=O)(=O)NCC2CNCCO2)c(Br)s1. The molecule has 7 nitrogen and oxygen atoms in total. The van der Waals surface area contributed by atoms with Gasteiger partial charge in [0.15, 0.2) is 0 Å². The fourth-order valence-corrected chi connectivity index (χ4v) is 5.31. The monoisotopic (exact) mass is 398 g/mol. The molecule has 0 bridgehead atoms. The predicted octanol–water partition coefficient (Wildman–Crippen LogP) is 0.564. The number of hydrogen-bond donors (Lipinski definition) is 2. The normalized spacial score (nSPS) is 19.4. The molecule has 2 heterocycles. The maximum absolute atomic E-state index is 12.3. The van der Waals surface area contributed by atoms with Gasteiger partial charge in [0, 0.05) is 19.6 Å². The van der Waals surface area contributed by atoms with E-state index in [-0.39, 0.29) is 22.4 Å². The second kappa shape index (κ2) is 7.16. The summed E-state index contributed by atoms with van der Waals surface area (Å²) in [4.78, 5) is 11.7. The first-order valence-corrected chi connectivity index (χ1v) is 9.23. The van der Waals surface area contributed by atoms with Crippen molar-refractivity contribution in [1.29, 1.82) is 0 Å². The molecule has 0 radical (unpaired) electrons. The molecule has 0 aromatic carbocycles. The second-order valence-corrected chi connectivity index (χ2v) is 8.39. The van der Waals surface area contributed by atoms with Crippen LogP contribution in [0.3, 0.4) is 0 Å². The molecule has 1 aromatic heterocycles. The van der Waals surface area contributed by atoms with Crippen LogP contribution < -0.4 is 10.0 Å². The molecule has 1 fully saturated rings. The number of methoxy groups -OCH3 is 1. The van der Waals surface area contributed by atoms with Crippen molar-refractivity contribution in [1.82, 2.24) is 10.0 Å². The van der Waals surface area contributed by atoms with Crippen molar-refractivity contribution in [3.8, 4) is 0 Å². The standard InChI is InChI=1S/C11H15BrN2O5S2/c1-18-11(15)8-4-9(10(12)20-8)21(16,17)14-6-7-5-13-2-3-19-7/h4,7,13-14H,2-3,5-6H2,1H3. The molecule has 0 aliphatic carbocycles. The number of sulfonamides is 1. The van der Waals surface area contributed by atoms with Crippen molar-refractivity contribution in [3.63, 3.8) is 0 Å². The van der Waals surface area contributed by atoms with Gasteiger partial charge in [-0.15, -0.1) is 11.3 Å². The molecule has 1 saturated heterocycles. The van der Waals surface area contributed by atoms with Gasteiger partial charge in [-0.2, -0.15) is 0 Å². The van der Waals surface area contributed by atoms with Crippen LogP contribution in [0.15, 0.2) is 14.7 Å². The summed E-state index contributed by atoms with van der Waals surface area (Å²) in [5.74, 6) is -0.568. The van der Waals surface area contributed by atoms with E-state index >= 15 is 0 Å². The van der Waals surface area contributed by atoms with Crippen LogP contribution in [-0.2, 0) is 19.5 Å². The van der Waals surface area contributed by atoms with Crippen LogP contribution in [0.25, 0.3) is 0 Å². The number of hydrogen-bond acceptors (Lipinski definition) is 7. The zero-order valence-corrected chi connectivity index (χ0v) is 14.4. The molecule has 1 aliphatic rings. The predicted molar refractivity (Wildman–Crippen MR) is 81.2 cm³/mol. The Labute approximate surface area is 135 Å². The average Bonchev–Trinajstić information content (AvgIpc) is 2.88. The van der Waals surface area contributed by atoms with E-state index in [9.17, 15) is 13.2 Å². The molecular weight excluding hydrogens is 384 g/mol. The number of thiophene rings is 1. The van der Waals surface area contributed by atoms with E-state index in [1.165, 1.54) is 13.2 Å². The number of carbonyl (C=O) groups excluding carboxylic acids is 1. The Hall–Kier alpha value is -0.520. The zero-order chi connectivity index (χ0) is 15.5. The minimum absolute atomic E-state index is 0.0247. The Bertz CT molecular complexity index is 610. The topological polar surface area (TPSA) is 93.7 Å². The quantitative estimate of drug-likeness (QED) is 0.703. The minimum atomic E-state index is -3.71. The minimum Gasteiger partial charge on any atom is -0.465 e. The summed E-state index contributed by atoms with van der Waals surface area (Å²) in [6.07, 6.45) is -0.203. The van der Waals surface area contributed by atoms with Crippen LogP contribution >= 0.6 is 27.3 Å². The smallest absolute Gasteiger partial charge is 0.348 e. The number of nitrogens with one attached hydrogen (secondary N) is 2. The Kier molecular flexibility index (Phi) is 5.74. The molecule has 0 amide bonds. The Morgan fingerprint density at radius 2 is 2.43 bits per heavy atom. The lowest BCUT2D eigenvalue weighted by molar-refractivity contribution is 0.0324. The van der Waals surface area contributed by atoms with Gasteiger partial charge in [0.2, 0.25) is 10.0 Å². The largest absolute Gasteiger partial charge is 0.465 e. The molecule has 1 aliphatic heterocycles. The number of halogens is 1. The Morgan fingerprint density at radius 3 is 3.05 bits per heavy atom. The van der Waals surface area contributed by atoms with Crippen molar-refractivity contribution in [2.24, 2.45) is 0 Å². The molecule has 2 N–H and O–H groups in total. The van der Waals surface area contributed by atoms with Gasteiger partial charge in [0.1, 0.15) is 9.77 Å². The van der Waals surface area contributed by atoms with Gasteiger partial charge in [-0.25, -0.2) is 17.9 Å². The third kappa shape index (κ3) is 4.24. The maximum atomic E-state index is 12.3. The third-order valence-electron chi connectivity index (χ3n) is 2.84. The van der Waals surface area contributed by atoms with Crippen molar-refractivity contribution >= 4 is 43.3 Å². The molecule has 21 heavy (non-hydrogen) atoms. The average molecular weight is 399 g/mol. The summed E-state index contributed by atoms with van der Waals surface area (Å²) in [6.45, 7) is 2.09. The van der Waals surface area contributed by atoms with E-state index < -0.39 is 16.0 Å². The lowest BCUT2D eigenvalue weighted by atomic mass is 10.3. The molecule has 0 spiro atoms. The van der Waals surface area contributed by atoms with Gasteiger partial charge in [0.25, 0.3) is 0 Å². The number of morpholine rings is 1. The highest BCUT2D eigenvalue weighted by molar-refractivity contribution is 9.11. The van der Waals surface area contributed by atoms with E-state index in [0.29, 0.717) is 16.9 Å². The highest BCUT2D eigenvalue weighted by Crippen LogP contribution is 2.32. The van der Waals surface area contributed by atoms with Crippen LogP contribution in [0.4, 0.5) is 0 Å². The van der Waals surface area contributed by atoms with Crippen LogP contribution in [-0.4, -0.2) is 53.8 Å². The lowest BCUT2D eigenvalue weighted by Crippen LogP contribution is -2.45. The Balaban J connectivity index is 2.08. The van der Waals surface area contributed by atoms with E-state index in [1.807, 2.05) is 0 Å². The van der Waals surface area contributed by atoms with Crippen molar-refractivity contribution < 1.29 is 22.7 Å². The summed E-state index contributed by atoms with van der Waals surface area (Å²) in [5.41, 5.74) is 0. The van der Waals surface area contributed by atoms with E-state index in [4.69, 9.17) is 4.74 Å². The second-order valence-electron chi connectivity index (χ2n) is 4.29.